The van der Waals surface area contributed by atoms with Crippen LogP contribution >= 0.6 is 0 Å². The number of hydrogen-bond donors (Lipinski definition) is 1. The summed E-state index contributed by atoms with van der Waals surface area (Å²) in [7, 11) is 4.11. The van der Waals surface area contributed by atoms with Crippen LogP contribution < -0.4 is 5.32 Å². The summed E-state index contributed by atoms with van der Waals surface area (Å²) in [6.07, 6.45) is 8.38. The summed E-state index contributed by atoms with van der Waals surface area (Å²) in [5.41, 5.74) is 0. The molecule has 0 aliphatic carbocycles. The third-order valence-corrected chi connectivity index (χ3v) is 1.96. The molecule has 64 valence electrons. The van der Waals surface area contributed by atoms with Crippen molar-refractivity contribution in [2.75, 3.05) is 20.6 Å². The molecule has 1 rings (SSSR count). The van der Waals surface area contributed by atoms with Crippen LogP contribution in [0.3, 0.4) is 0 Å². The fourth-order valence-corrected chi connectivity index (χ4v) is 1.32. The molecule has 0 bridgehead atoms. The van der Waals surface area contributed by atoms with Gasteiger partial charge in [0.2, 0.25) is 0 Å². The van der Waals surface area contributed by atoms with Gasteiger partial charge in [-0.05, 0) is 25.6 Å². The van der Waals surface area contributed by atoms with Crippen molar-refractivity contribution in [2.24, 2.45) is 0 Å². The van der Waals surface area contributed by atoms with Crippen molar-refractivity contribution in [1.82, 2.24) is 10.2 Å². The number of piperidine rings is 1. The summed E-state index contributed by atoms with van der Waals surface area (Å²) in [6, 6.07) is 0.617. The molecule has 11 heavy (non-hydrogen) atoms. The van der Waals surface area contributed by atoms with Crippen molar-refractivity contribution in [2.45, 2.75) is 25.3 Å². The Bertz CT molecular complexity index is 124. The van der Waals surface area contributed by atoms with Crippen molar-refractivity contribution in [3.8, 4) is 0 Å². The van der Waals surface area contributed by atoms with Gasteiger partial charge in [-0.3, -0.25) is 0 Å². The summed E-state index contributed by atoms with van der Waals surface area (Å²) in [5, 5.41) is 3.46. The zero-order valence-corrected chi connectivity index (χ0v) is 7.51. The summed E-state index contributed by atoms with van der Waals surface area (Å²) >= 11 is 0. The highest BCUT2D eigenvalue weighted by Gasteiger charge is 2.07. The lowest BCUT2D eigenvalue weighted by molar-refractivity contribution is 0.448. The average molecular weight is 154 g/mol. The maximum absolute atomic E-state index is 3.46. The third-order valence-electron chi connectivity index (χ3n) is 1.96. The van der Waals surface area contributed by atoms with Gasteiger partial charge in [0.05, 0.1) is 0 Å². The fraction of sp³-hybridized carbons (Fsp3) is 0.778. The molecule has 0 aromatic heterocycles. The zero-order chi connectivity index (χ0) is 8.10. The molecule has 1 N–H and O–H groups in total. The summed E-state index contributed by atoms with van der Waals surface area (Å²) in [5.74, 6) is 0. The second kappa shape index (κ2) is 4.39. The number of rotatable bonds is 2. The molecule has 1 aliphatic heterocycles. The van der Waals surface area contributed by atoms with Crippen molar-refractivity contribution in [3.05, 3.63) is 12.3 Å². The van der Waals surface area contributed by atoms with Gasteiger partial charge >= 0.3 is 0 Å². The van der Waals surface area contributed by atoms with Crippen LogP contribution in [0.1, 0.15) is 19.3 Å². The van der Waals surface area contributed by atoms with Crippen LogP contribution in [0.2, 0.25) is 0 Å². The molecule has 0 aromatic carbocycles. The van der Waals surface area contributed by atoms with Gasteiger partial charge in [0.15, 0.2) is 0 Å². The lowest BCUT2D eigenvalue weighted by Crippen LogP contribution is -2.32. The predicted octanol–water partition coefficient (Wildman–Crippen LogP) is 1.20. The smallest absolute Gasteiger partial charge is 0.0266 e. The number of hydrogen-bond acceptors (Lipinski definition) is 2. The number of nitrogens with one attached hydrogen (secondary N) is 1. The van der Waals surface area contributed by atoms with E-state index in [0.717, 1.165) is 0 Å². The van der Waals surface area contributed by atoms with Crippen molar-refractivity contribution < 1.29 is 0 Å². The predicted molar refractivity (Wildman–Crippen MR) is 48.5 cm³/mol. The van der Waals surface area contributed by atoms with E-state index < -0.39 is 0 Å². The van der Waals surface area contributed by atoms with Crippen molar-refractivity contribution in [1.29, 1.82) is 0 Å². The van der Waals surface area contributed by atoms with Crippen LogP contribution in [0, 0.1) is 0 Å². The molecule has 0 amide bonds. The second-order valence-corrected chi connectivity index (χ2v) is 3.36. The minimum Gasteiger partial charge on any atom is -0.384 e. The van der Waals surface area contributed by atoms with Gasteiger partial charge in [-0.15, -0.1) is 0 Å². The maximum Gasteiger partial charge on any atom is 0.0266 e. The first kappa shape index (κ1) is 8.60. The molecule has 1 aliphatic rings. The summed E-state index contributed by atoms with van der Waals surface area (Å²) in [6.45, 7) is 1.18. The molecule has 1 saturated heterocycles. The monoisotopic (exact) mass is 154 g/mol. The molecule has 0 saturated carbocycles. The van der Waals surface area contributed by atoms with Crippen LogP contribution in [0.4, 0.5) is 0 Å². The average Bonchev–Trinajstić information content (AvgIpc) is 2.03. The van der Waals surface area contributed by atoms with Crippen LogP contribution in [0.5, 0.6) is 0 Å². The lowest BCUT2D eigenvalue weighted by atomic mass is 10.1. The van der Waals surface area contributed by atoms with E-state index in [9.17, 15) is 0 Å². The molecule has 1 heterocycles. The van der Waals surface area contributed by atoms with Gasteiger partial charge in [-0.25, -0.2) is 0 Å². The Labute approximate surface area is 69.3 Å². The lowest BCUT2D eigenvalue weighted by Gasteiger charge is -2.20. The van der Waals surface area contributed by atoms with Gasteiger partial charge in [0.1, 0.15) is 0 Å². The van der Waals surface area contributed by atoms with Crippen molar-refractivity contribution in [3.63, 3.8) is 0 Å². The SMILES string of the molecule is CN(C)C=CC1CCCCN1. The zero-order valence-electron chi connectivity index (χ0n) is 7.51. The maximum atomic E-state index is 3.46. The second-order valence-electron chi connectivity index (χ2n) is 3.36. The Morgan fingerprint density at radius 2 is 2.18 bits per heavy atom. The van der Waals surface area contributed by atoms with Crippen LogP contribution in [0.25, 0.3) is 0 Å². The Morgan fingerprint density at radius 1 is 1.36 bits per heavy atom. The molecule has 0 aromatic rings. The molecule has 1 atom stereocenters. The molecule has 0 spiro atoms. The fourth-order valence-electron chi connectivity index (χ4n) is 1.32. The first-order chi connectivity index (χ1) is 5.29. The Kier molecular flexibility index (Phi) is 3.43. The van der Waals surface area contributed by atoms with Gasteiger partial charge in [-0.2, -0.15) is 0 Å². The molecular formula is C9H18N2. The van der Waals surface area contributed by atoms with E-state index in [0.29, 0.717) is 6.04 Å². The molecular weight excluding hydrogens is 136 g/mol. The van der Waals surface area contributed by atoms with E-state index in [4.69, 9.17) is 0 Å². The highest BCUT2D eigenvalue weighted by molar-refractivity contribution is 4.93. The Morgan fingerprint density at radius 3 is 2.73 bits per heavy atom. The molecule has 2 nitrogen and oxygen atoms in total. The highest BCUT2D eigenvalue weighted by atomic mass is 15.0. The van der Waals surface area contributed by atoms with E-state index in [1.54, 1.807) is 0 Å². The Hall–Kier alpha value is -0.500. The van der Waals surface area contributed by atoms with E-state index in [-0.39, 0.29) is 0 Å². The van der Waals surface area contributed by atoms with Crippen LogP contribution in [-0.2, 0) is 0 Å². The summed E-state index contributed by atoms with van der Waals surface area (Å²) in [4.78, 5) is 2.08. The molecule has 1 unspecified atom stereocenters. The standard InChI is InChI=1S/C9H18N2/c1-11(2)8-6-9-5-3-4-7-10-9/h6,8-10H,3-5,7H2,1-2H3. The largest absolute Gasteiger partial charge is 0.384 e. The van der Waals surface area contributed by atoms with E-state index in [1.165, 1.54) is 25.8 Å². The van der Waals surface area contributed by atoms with Crippen molar-refractivity contribution >= 4 is 0 Å². The molecule has 0 radical (unpaired) electrons. The van der Waals surface area contributed by atoms with Gasteiger partial charge in [0, 0.05) is 20.1 Å². The first-order valence-corrected chi connectivity index (χ1v) is 4.37. The van der Waals surface area contributed by atoms with Gasteiger partial charge < -0.3 is 10.2 Å². The van der Waals surface area contributed by atoms with E-state index in [2.05, 4.69) is 36.6 Å². The van der Waals surface area contributed by atoms with Gasteiger partial charge in [0.25, 0.3) is 0 Å². The van der Waals surface area contributed by atoms with E-state index >= 15 is 0 Å². The minimum atomic E-state index is 0.617. The van der Waals surface area contributed by atoms with E-state index in [1.807, 2.05) is 0 Å². The quantitative estimate of drug-likeness (QED) is 0.643. The third kappa shape index (κ3) is 3.42. The van der Waals surface area contributed by atoms with Crippen LogP contribution in [0.15, 0.2) is 12.3 Å². The number of nitrogens with zero attached hydrogens (tertiary/aromatic N) is 1. The highest BCUT2D eigenvalue weighted by Crippen LogP contribution is 2.07. The first-order valence-electron chi connectivity index (χ1n) is 4.37. The van der Waals surface area contributed by atoms with Gasteiger partial charge in [-0.1, -0.05) is 12.5 Å². The Balaban J connectivity index is 2.23. The molecule has 1 fully saturated rings. The minimum absolute atomic E-state index is 0.617. The topological polar surface area (TPSA) is 15.3 Å². The molecule has 2 heteroatoms. The normalized spacial score (nSPS) is 25.8. The van der Waals surface area contributed by atoms with Crippen LogP contribution in [-0.4, -0.2) is 31.6 Å². The summed E-state index contributed by atoms with van der Waals surface area (Å²) < 4.78 is 0.